The van der Waals surface area contributed by atoms with Gasteiger partial charge in [0.1, 0.15) is 6.54 Å². The molecular weight excluding hydrogens is 274 g/mol. The number of benzene rings is 1. The quantitative estimate of drug-likeness (QED) is 0.846. The fraction of sp³-hybridized carbons (Fsp3) is 0.231. The summed E-state index contributed by atoms with van der Waals surface area (Å²) in [7, 11) is 0. The lowest BCUT2D eigenvalue weighted by Gasteiger charge is -2.15. The van der Waals surface area contributed by atoms with E-state index in [1.54, 1.807) is 0 Å². The molecule has 0 bridgehead atoms. The van der Waals surface area contributed by atoms with Crippen LogP contribution >= 0.6 is 0 Å². The van der Waals surface area contributed by atoms with Gasteiger partial charge in [-0.25, -0.2) is 14.3 Å². The van der Waals surface area contributed by atoms with E-state index in [4.69, 9.17) is 5.73 Å². The highest BCUT2D eigenvalue weighted by Gasteiger charge is 2.33. The van der Waals surface area contributed by atoms with Crippen LogP contribution in [0, 0.1) is 6.92 Å². The summed E-state index contributed by atoms with van der Waals surface area (Å²) in [4.78, 5) is 40.4. The Morgan fingerprint density at radius 2 is 1.95 bits per heavy atom. The third-order valence-electron chi connectivity index (χ3n) is 3.29. The Hall–Kier alpha value is -2.90. The summed E-state index contributed by atoms with van der Waals surface area (Å²) in [5.74, 6) is -0.409. The molecule has 0 saturated carbocycles. The number of hydrogen-bond acceptors (Lipinski definition) is 4. The van der Waals surface area contributed by atoms with Gasteiger partial charge in [-0.15, -0.1) is 0 Å². The fourth-order valence-corrected chi connectivity index (χ4v) is 2.29. The van der Waals surface area contributed by atoms with Gasteiger partial charge in [0.25, 0.3) is 0 Å². The first-order chi connectivity index (χ1) is 9.97. The molecule has 3 rings (SSSR count). The van der Waals surface area contributed by atoms with Gasteiger partial charge in [0, 0.05) is 5.69 Å². The van der Waals surface area contributed by atoms with Crippen molar-refractivity contribution in [3.8, 4) is 0 Å². The van der Waals surface area contributed by atoms with E-state index in [2.05, 4.69) is 4.98 Å². The number of amides is 2. The van der Waals surface area contributed by atoms with Crippen molar-refractivity contribution in [1.29, 1.82) is 0 Å². The third kappa shape index (κ3) is 2.10. The first kappa shape index (κ1) is 13.1. The molecule has 1 aliphatic heterocycles. The van der Waals surface area contributed by atoms with Gasteiger partial charge in [0.15, 0.2) is 5.82 Å². The van der Waals surface area contributed by atoms with Crippen LogP contribution in [-0.4, -0.2) is 26.3 Å². The van der Waals surface area contributed by atoms with Gasteiger partial charge in [0.05, 0.1) is 6.54 Å². The zero-order valence-electron chi connectivity index (χ0n) is 11.3. The van der Waals surface area contributed by atoms with Crippen LogP contribution < -0.4 is 16.3 Å². The van der Waals surface area contributed by atoms with Crippen molar-refractivity contribution in [2.45, 2.75) is 20.0 Å². The Morgan fingerprint density at radius 3 is 2.57 bits per heavy atom. The summed E-state index contributed by atoms with van der Waals surface area (Å²) < 4.78 is 2.06. The number of primary amides is 1. The monoisotopic (exact) mass is 287 g/mol. The molecule has 2 amide bonds. The Bertz CT molecular complexity index is 787. The van der Waals surface area contributed by atoms with Gasteiger partial charge in [-0.2, -0.15) is 9.67 Å². The summed E-state index contributed by atoms with van der Waals surface area (Å²) >= 11 is 0. The number of anilines is 1. The van der Waals surface area contributed by atoms with E-state index in [0.29, 0.717) is 11.5 Å². The van der Waals surface area contributed by atoms with Crippen molar-refractivity contribution >= 4 is 17.6 Å². The number of carbonyl (C=O) groups excluding carboxylic acids is 2. The smallest absolute Gasteiger partial charge is 0.365 e. The normalized spacial score (nSPS) is 13.6. The summed E-state index contributed by atoms with van der Waals surface area (Å²) in [5, 5.41) is 0. The molecule has 0 aliphatic carbocycles. The van der Waals surface area contributed by atoms with Gasteiger partial charge in [-0.05, 0) is 19.1 Å². The van der Waals surface area contributed by atoms with E-state index < -0.39 is 17.6 Å². The number of nitrogens with zero attached hydrogens (tertiary/aromatic N) is 4. The molecule has 0 spiro atoms. The van der Waals surface area contributed by atoms with Crippen LogP contribution in [0.2, 0.25) is 0 Å². The highest BCUT2D eigenvalue weighted by atomic mass is 16.2. The number of rotatable bonds is 3. The van der Waals surface area contributed by atoms with Crippen LogP contribution in [-0.2, 0) is 17.9 Å². The Balaban J connectivity index is 2.00. The summed E-state index contributed by atoms with van der Waals surface area (Å²) in [6.07, 6.45) is 0. The van der Waals surface area contributed by atoms with Gasteiger partial charge in [-0.3, -0.25) is 9.69 Å². The highest BCUT2D eigenvalue weighted by Crippen LogP contribution is 2.22. The lowest BCUT2D eigenvalue weighted by atomic mass is 10.2. The molecule has 1 aromatic heterocycles. The highest BCUT2D eigenvalue weighted by molar-refractivity contribution is 5.95. The van der Waals surface area contributed by atoms with E-state index in [0.717, 1.165) is 14.9 Å². The maximum absolute atomic E-state index is 12.4. The third-order valence-corrected chi connectivity index (χ3v) is 3.29. The Labute approximate surface area is 119 Å². The standard InChI is InChI=1S/C13H13N5O3/c1-8-2-4-9(5-3-8)16-7-11-15-12(20)17(6-10(14)19)18(11)13(16)21/h2-5H,6-7H2,1H3,(H2,14,19). The summed E-state index contributed by atoms with van der Waals surface area (Å²) in [6.45, 7) is 1.76. The van der Waals surface area contributed by atoms with Crippen molar-refractivity contribution in [3.63, 3.8) is 0 Å². The van der Waals surface area contributed by atoms with Gasteiger partial charge < -0.3 is 5.73 Å². The zero-order valence-corrected chi connectivity index (χ0v) is 11.3. The maximum atomic E-state index is 12.4. The van der Waals surface area contributed by atoms with Crippen LogP contribution in [0.4, 0.5) is 10.5 Å². The molecule has 2 N–H and O–H groups in total. The second kappa shape index (κ2) is 4.58. The average Bonchev–Trinajstić information content (AvgIpc) is 2.89. The Kier molecular flexibility index (Phi) is 2.86. The fourth-order valence-electron chi connectivity index (χ4n) is 2.29. The number of fused-ring (bicyclic) bond motifs is 1. The maximum Gasteiger partial charge on any atom is 0.365 e. The molecule has 0 saturated heterocycles. The molecule has 8 heteroatoms. The van der Waals surface area contributed by atoms with E-state index in [1.165, 1.54) is 4.90 Å². The molecule has 2 heterocycles. The van der Waals surface area contributed by atoms with E-state index in [-0.39, 0.29) is 13.1 Å². The zero-order chi connectivity index (χ0) is 15.1. The van der Waals surface area contributed by atoms with E-state index in [9.17, 15) is 14.4 Å². The van der Waals surface area contributed by atoms with Crippen molar-refractivity contribution in [3.05, 3.63) is 46.1 Å². The molecule has 0 atom stereocenters. The molecule has 8 nitrogen and oxygen atoms in total. The van der Waals surface area contributed by atoms with Crippen LogP contribution in [0.25, 0.3) is 0 Å². The first-order valence-electron chi connectivity index (χ1n) is 6.33. The average molecular weight is 287 g/mol. The van der Waals surface area contributed by atoms with Crippen molar-refractivity contribution in [2.24, 2.45) is 5.73 Å². The Morgan fingerprint density at radius 1 is 1.29 bits per heavy atom. The topological polar surface area (TPSA) is 103 Å². The molecule has 108 valence electrons. The lowest BCUT2D eigenvalue weighted by molar-refractivity contribution is -0.118. The predicted molar refractivity (Wildman–Crippen MR) is 73.8 cm³/mol. The summed E-state index contributed by atoms with van der Waals surface area (Å²) in [5.41, 5.74) is 6.22. The molecule has 0 unspecified atom stereocenters. The van der Waals surface area contributed by atoms with Crippen molar-refractivity contribution in [1.82, 2.24) is 14.3 Å². The minimum atomic E-state index is -0.707. The predicted octanol–water partition coefficient (Wildman–Crippen LogP) is -0.173. The number of carbonyl (C=O) groups is 2. The molecular formula is C13H13N5O3. The number of aromatic nitrogens is 3. The molecule has 21 heavy (non-hydrogen) atoms. The number of hydrogen-bond donors (Lipinski definition) is 1. The molecule has 2 aromatic rings. The second-order valence-corrected chi connectivity index (χ2v) is 4.85. The van der Waals surface area contributed by atoms with Crippen LogP contribution in [0.1, 0.15) is 11.4 Å². The molecule has 1 aromatic carbocycles. The van der Waals surface area contributed by atoms with Gasteiger partial charge in [0.2, 0.25) is 5.91 Å². The molecule has 0 fully saturated rings. The largest absolute Gasteiger partial charge is 0.368 e. The minimum absolute atomic E-state index is 0.183. The van der Waals surface area contributed by atoms with Crippen LogP contribution in [0.5, 0.6) is 0 Å². The number of aryl methyl sites for hydroxylation is 1. The van der Waals surface area contributed by atoms with Crippen LogP contribution in [0.3, 0.4) is 0 Å². The van der Waals surface area contributed by atoms with Crippen molar-refractivity contribution in [2.75, 3.05) is 4.90 Å². The number of nitrogens with two attached hydrogens (primary N) is 1. The van der Waals surface area contributed by atoms with Gasteiger partial charge >= 0.3 is 11.7 Å². The van der Waals surface area contributed by atoms with E-state index >= 15 is 0 Å². The lowest BCUT2D eigenvalue weighted by Crippen LogP contribution is -2.36. The van der Waals surface area contributed by atoms with Crippen molar-refractivity contribution < 1.29 is 9.59 Å². The molecule has 1 aliphatic rings. The van der Waals surface area contributed by atoms with Crippen LogP contribution in [0.15, 0.2) is 29.1 Å². The summed E-state index contributed by atoms with van der Waals surface area (Å²) in [6, 6.07) is 6.98. The molecule has 0 radical (unpaired) electrons. The SMILES string of the molecule is Cc1ccc(N2Cc3nc(=O)n(CC(N)=O)n3C2=O)cc1. The van der Waals surface area contributed by atoms with E-state index in [1.807, 2.05) is 31.2 Å². The van der Waals surface area contributed by atoms with Gasteiger partial charge in [-0.1, -0.05) is 17.7 Å². The second-order valence-electron chi connectivity index (χ2n) is 4.85. The first-order valence-corrected chi connectivity index (χ1v) is 6.33. The minimum Gasteiger partial charge on any atom is -0.368 e.